The third kappa shape index (κ3) is 3.10. The summed E-state index contributed by atoms with van der Waals surface area (Å²) in [6.07, 6.45) is 1.26. The maximum absolute atomic E-state index is 13.0. The molecular weight excluding hydrogens is 287 g/mol. The lowest BCUT2D eigenvalue weighted by atomic mass is 10.2. The van der Waals surface area contributed by atoms with E-state index in [2.05, 4.69) is 10.3 Å². The summed E-state index contributed by atoms with van der Waals surface area (Å²) in [6, 6.07) is 6.02. The highest BCUT2D eigenvalue weighted by molar-refractivity contribution is 6.31. The van der Waals surface area contributed by atoms with Gasteiger partial charge in [-0.3, -0.25) is 4.79 Å². The first-order valence-electron chi connectivity index (χ1n) is 5.43. The molecule has 1 aromatic heterocycles. The summed E-state index contributed by atoms with van der Waals surface area (Å²) in [5, 5.41) is 11.1. The number of aromatic carboxylic acids is 1. The fraction of sp³-hybridized carbons (Fsp3) is 0. The molecular formula is C13H8ClFN2O3. The Morgan fingerprint density at radius 1 is 1.20 bits per heavy atom. The minimum atomic E-state index is -1.13. The van der Waals surface area contributed by atoms with Gasteiger partial charge < -0.3 is 10.4 Å². The van der Waals surface area contributed by atoms with Crippen LogP contribution in [0.1, 0.15) is 20.7 Å². The summed E-state index contributed by atoms with van der Waals surface area (Å²) >= 11 is 5.58. The van der Waals surface area contributed by atoms with Gasteiger partial charge in [-0.25, -0.2) is 14.2 Å². The van der Waals surface area contributed by atoms with E-state index in [0.717, 1.165) is 6.07 Å². The summed E-state index contributed by atoms with van der Waals surface area (Å²) in [4.78, 5) is 26.5. The number of aromatic nitrogens is 1. The van der Waals surface area contributed by atoms with E-state index < -0.39 is 17.7 Å². The van der Waals surface area contributed by atoms with E-state index in [9.17, 15) is 14.0 Å². The molecule has 7 heteroatoms. The van der Waals surface area contributed by atoms with Crippen molar-refractivity contribution in [2.75, 3.05) is 5.32 Å². The van der Waals surface area contributed by atoms with Crippen molar-refractivity contribution in [1.29, 1.82) is 0 Å². The molecule has 0 atom stereocenters. The lowest BCUT2D eigenvalue weighted by Gasteiger charge is -2.05. The number of carboxylic acids is 1. The first kappa shape index (κ1) is 14.0. The highest BCUT2D eigenvalue weighted by Crippen LogP contribution is 2.17. The first-order valence-corrected chi connectivity index (χ1v) is 5.81. The van der Waals surface area contributed by atoms with Crippen LogP contribution in [0.3, 0.4) is 0 Å². The van der Waals surface area contributed by atoms with Gasteiger partial charge in [-0.2, -0.15) is 0 Å². The Balaban J connectivity index is 2.21. The van der Waals surface area contributed by atoms with E-state index in [1.54, 1.807) is 0 Å². The zero-order valence-electron chi connectivity index (χ0n) is 9.93. The minimum absolute atomic E-state index is 0.00700. The summed E-state index contributed by atoms with van der Waals surface area (Å²) in [5.41, 5.74) is 0.131. The van der Waals surface area contributed by atoms with E-state index in [1.165, 1.54) is 30.5 Å². The van der Waals surface area contributed by atoms with Crippen LogP contribution in [0.2, 0.25) is 5.02 Å². The number of amides is 1. The van der Waals surface area contributed by atoms with Gasteiger partial charge in [-0.1, -0.05) is 11.6 Å². The van der Waals surface area contributed by atoms with Crippen LogP contribution in [0.25, 0.3) is 0 Å². The number of carbonyl (C=O) groups excluding carboxylic acids is 1. The van der Waals surface area contributed by atoms with Crippen molar-refractivity contribution < 1.29 is 19.1 Å². The smallest absolute Gasteiger partial charge is 0.335 e. The zero-order valence-corrected chi connectivity index (χ0v) is 10.7. The average Bonchev–Trinajstić information content (AvgIpc) is 2.42. The molecule has 0 fully saturated rings. The number of nitrogens with zero attached hydrogens (tertiary/aromatic N) is 1. The van der Waals surface area contributed by atoms with Crippen LogP contribution < -0.4 is 5.32 Å². The second-order valence-electron chi connectivity index (χ2n) is 3.82. The second-order valence-corrected chi connectivity index (χ2v) is 4.23. The largest absolute Gasteiger partial charge is 0.478 e. The van der Waals surface area contributed by atoms with E-state index in [-0.39, 0.29) is 22.0 Å². The van der Waals surface area contributed by atoms with Crippen LogP contribution in [0.15, 0.2) is 36.5 Å². The lowest BCUT2D eigenvalue weighted by Crippen LogP contribution is -2.13. The lowest BCUT2D eigenvalue weighted by molar-refractivity contribution is 0.0696. The van der Waals surface area contributed by atoms with E-state index in [4.69, 9.17) is 16.7 Å². The molecule has 1 amide bonds. The molecule has 2 N–H and O–H groups in total. The number of carbonyl (C=O) groups is 2. The first-order chi connectivity index (χ1) is 9.47. The number of hydrogen-bond donors (Lipinski definition) is 2. The number of hydrogen-bond acceptors (Lipinski definition) is 3. The van der Waals surface area contributed by atoms with E-state index in [0.29, 0.717) is 0 Å². The van der Waals surface area contributed by atoms with Crippen molar-refractivity contribution in [2.24, 2.45) is 0 Å². The number of benzene rings is 1. The van der Waals surface area contributed by atoms with Crippen LogP contribution in [0.4, 0.5) is 10.2 Å². The van der Waals surface area contributed by atoms with Gasteiger partial charge in [0.15, 0.2) is 0 Å². The summed E-state index contributed by atoms with van der Waals surface area (Å²) in [5.74, 6) is -2.25. The Bertz CT molecular complexity index is 691. The monoisotopic (exact) mass is 294 g/mol. The van der Waals surface area contributed by atoms with Gasteiger partial charge in [0.25, 0.3) is 5.91 Å². The molecule has 0 bridgehead atoms. The molecule has 0 aliphatic carbocycles. The number of pyridine rings is 1. The number of anilines is 1. The van der Waals surface area contributed by atoms with Gasteiger partial charge in [0, 0.05) is 11.8 Å². The normalized spacial score (nSPS) is 10.1. The fourth-order valence-electron chi connectivity index (χ4n) is 1.46. The molecule has 1 heterocycles. The molecule has 0 saturated heterocycles. The van der Waals surface area contributed by atoms with Crippen LogP contribution in [-0.4, -0.2) is 22.0 Å². The van der Waals surface area contributed by atoms with Crippen LogP contribution >= 0.6 is 11.6 Å². The predicted octanol–water partition coefficient (Wildman–Crippen LogP) is 2.82. The third-order valence-electron chi connectivity index (χ3n) is 2.43. The molecule has 20 heavy (non-hydrogen) atoms. The molecule has 0 aliphatic heterocycles. The van der Waals surface area contributed by atoms with Gasteiger partial charge in [0.1, 0.15) is 11.6 Å². The SMILES string of the molecule is O=C(O)c1ccnc(NC(=O)c2ccc(F)c(Cl)c2)c1. The summed E-state index contributed by atoms with van der Waals surface area (Å²) in [6.45, 7) is 0. The maximum Gasteiger partial charge on any atom is 0.335 e. The van der Waals surface area contributed by atoms with Crippen molar-refractivity contribution >= 4 is 29.3 Å². The van der Waals surface area contributed by atoms with Crippen LogP contribution in [0, 0.1) is 5.82 Å². The fourth-order valence-corrected chi connectivity index (χ4v) is 1.64. The molecule has 102 valence electrons. The molecule has 0 spiro atoms. The maximum atomic E-state index is 13.0. The molecule has 0 saturated carbocycles. The Morgan fingerprint density at radius 3 is 2.60 bits per heavy atom. The van der Waals surface area contributed by atoms with Crippen molar-refractivity contribution in [3.8, 4) is 0 Å². The highest BCUT2D eigenvalue weighted by Gasteiger charge is 2.11. The zero-order chi connectivity index (χ0) is 14.7. The Morgan fingerprint density at radius 2 is 1.95 bits per heavy atom. The quantitative estimate of drug-likeness (QED) is 0.912. The summed E-state index contributed by atoms with van der Waals surface area (Å²) < 4.78 is 13.0. The predicted molar refractivity (Wildman–Crippen MR) is 70.6 cm³/mol. The molecule has 2 aromatic rings. The molecule has 5 nitrogen and oxygen atoms in total. The van der Waals surface area contributed by atoms with Gasteiger partial charge in [0.05, 0.1) is 10.6 Å². The van der Waals surface area contributed by atoms with Crippen molar-refractivity contribution in [2.45, 2.75) is 0 Å². The number of nitrogens with one attached hydrogen (secondary N) is 1. The number of rotatable bonds is 3. The van der Waals surface area contributed by atoms with E-state index in [1.807, 2.05) is 0 Å². The molecule has 0 aliphatic rings. The Labute approximate surface area is 118 Å². The third-order valence-corrected chi connectivity index (χ3v) is 2.72. The van der Waals surface area contributed by atoms with Gasteiger partial charge in [-0.05, 0) is 30.3 Å². The van der Waals surface area contributed by atoms with Gasteiger partial charge >= 0.3 is 5.97 Å². The van der Waals surface area contributed by atoms with E-state index >= 15 is 0 Å². The number of carboxylic acid groups (broad SMARTS) is 1. The second kappa shape index (κ2) is 5.66. The summed E-state index contributed by atoms with van der Waals surface area (Å²) in [7, 11) is 0. The number of halogens is 2. The van der Waals surface area contributed by atoms with Crippen LogP contribution in [0.5, 0.6) is 0 Å². The average molecular weight is 295 g/mol. The Hall–Kier alpha value is -2.47. The minimum Gasteiger partial charge on any atom is -0.478 e. The van der Waals surface area contributed by atoms with Crippen LogP contribution in [-0.2, 0) is 0 Å². The standard InChI is InChI=1S/C13H8ClFN2O3/c14-9-5-7(1-2-10(9)15)12(18)17-11-6-8(13(19)20)3-4-16-11/h1-6H,(H,19,20)(H,16,17,18). The molecule has 0 radical (unpaired) electrons. The molecule has 0 unspecified atom stereocenters. The van der Waals surface area contributed by atoms with Gasteiger partial charge in [0.2, 0.25) is 0 Å². The topological polar surface area (TPSA) is 79.3 Å². The molecule has 1 aromatic carbocycles. The van der Waals surface area contributed by atoms with Gasteiger partial charge in [-0.15, -0.1) is 0 Å². The Kier molecular flexibility index (Phi) is 3.95. The van der Waals surface area contributed by atoms with Crippen molar-refractivity contribution in [3.63, 3.8) is 0 Å². The highest BCUT2D eigenvalue weighted by atomic mass is 35.5. The van der Waals surface area contributed by atoms with Crippen molar-refractivity contribution in [1.82, 2.24) is 4.98 Å². The molecule has 2 rings (SSSR count). The van der Waals surface area contributed by atoms with Crippen molar-refractivity contribution in [3.05, 3.63) is 58.5 Å².